The van der Waals surface area contributed by atoms with Crippen molar-refractivity contribution in [1.82, 2.24) is 14.7 Å². The monoisotopic (exact) mass is 329 g/mol. The Kier molecular flexibility index (Phi) is 4.40. The number of nitrogens with zero attached hydrogens (tertiary/aromatic N) is 3. The third-order valence-corrected chi connectivity index (χ3v) is 4.54. The number of hydrogen-bond donors (Lipinski definition) is 0. The molecule has 2 aliphatic rings. The summed E-state index contributed by atoms with van der Waals surface area (Å²) >= 11 is 0. The van der Waals surface area contributed by atoms with Gasteiger partial charge in [-0.25, -0.2) is 0 Å². The quantitative estimate of drug-likeness (QED) is 0.842. The lowest BCUT2D eigenvalue weighted by molar-refractivity contribution is 0.0841. The van der Waals surface area contributed by atoms with Crippen LogP contribution in [0.4, 0.5) is 0 Å². The number of aromatic nitrogens is 2. The summed E-state index contributed by atoms with van der Waals surface area (Å²) in [4.78, 5) is 2.46. The molecule has 6 heteroatoms. The Morgan fingerprint density at radius 1 is 1.21 bits per heavy atom. The highest BCUT2D eigenvalue weighted by molar-refractivity contribution is 5.44. The molecule has 4 rings (SSSR count). The highest BCUT2D eigenvalue weighted by Gasteiger charge is 2.23. The Balaban J connectivity index is 1.50. The summed E-state index contributed by atoms with van der Waals surface area (Å²) in [6.45, 7) is 7.58. The van der Waals surface area contributed by atoms with Gasteiger partial charge in [-0.2, -0.15) is 5.10 Å². The molecule has 0 radical (unpaired) electrons. The van der Waals surface area contributed by atoms with E-state index in [1.54, 1.807) is 0 Å². The SMILES string of the molecule is CCOC[C@@H]1CN(Cc2ccc3c(c2)OCO3)Cc2ccnn2C1. The topological polar surface area (TPSA) is 48.8 Å². The molecule has 1 aromatic heterocycles. The fourth-order valence-corrected chi connectivity index (χ4v) is 3.43. The standard InChI is InChI=1S/C18H23N3O3/c1-2-22-12-15-9-20(11-16-5-6-19-21(16)10-15)8-14-3-4-17-18(7-14)24-13-23-17/h3-7,15H,2,8-13H2,1H3/t15-/m1/s1. The molecule has 128 valence electrons. The minimum Gasteiger partial charge on any atom is -0.454 e. The molecule has 1 aromatic carbocycles. The Bertz CT molecular complexity index is 701. The molecular formula is C18H23N3O3. The molecule has 2 aliphatic heterocycles. The first-order valence-corrected chi connectivity index (χ1v) is 8.51. The second-order valence-electron chi connectivity index (χ2n) is 6.39. The smallest absolute Gasteiger partial charge is 0.231 e. The van der Waals surface area contributed by atoms with E-state index in [-0.39, 0.29) is 0 Å². The molecule has 0 amide bonds. The Morgan fingerprint density at radius 3 is 3.04 bits per heavy atom. The molecule has 0 saturated heterocycles. The predicted octanol–water partition coefficient (Wildman–Crippen LogP) is 2.28. The second kappa shape index (κ2) is 6.83. The molecule has 0 spiro atoms. The lowest BCUT2D eigenvalue weighted by Gasteiger charge is -2.24. The normalized spacial score (nSPS) is 20.0. The van der Waals surface area contributed by atoms with Crippen molar-refractivity contribution in [3.05, 3.63) is 41.7 Å². The number of ether oxygens (including phenoxy) is 3. The Morgan fingerprint density at radius 2 is 2.12 bits per heavy atom. The molecule has 0 saturated carbocycles. The van der Waals surface area contributed by atoms with Crippen molar-refractivity contribution in [2.45, 2.75) is 26.6 Å². The van der Waals surface area contributed by atoms with Gasteiger partial charge in [0.15, 0.2) is 11.5 Å². The summed E-state index contributed by atoms with van der Waals surface area (Å²) in [7, 11) is 0. The van der Waals surface area contributed by atoms with E-state index in [4.69, 9.17) is 14.2 Å². The molecule has 1 atom stereocenters. The van der Waals surface area contributed by atoms with Crippen molar-refractivity contribution in [3.63, 3.8) is 0 Å². The number of fused-ring (bicyclic) bond motifs is 2. The van der Waals surface area contributed by atoms with Crippen molar-refractivity contribution in [2.75, 3.05) is 26.6 Å². The summed E-state index contributed by atoms with van der Waals surface area (Å²) in [5.41, 5.74) is 2.50. The van der Waals surface area contributed by atoms with E-state index in [1.807, 2.05) is 19.2 Å². The number of benzene rings is 1. The average molecular weight is 329 g/mol. The number of rotatable bonds is 5. The zero-order valence-corrected chi connectivity index (χ0v) is 14.0. The van der Waals surface area contributed by atoms with E-state index in [2.05, 4.69) is 32.9 Å². The molecule has 0 unspecified atom stereocenters. The van der Waals surface area contributed by atoms with Crippen LogP contribution in [0.3, 0.4) is 0 Å². The fraction of sp³-hybridized carbons (Fsp3) is 0.500. The van der Waals surface area contributed by atoms with Gasteiger partial charge in [0.1, 0.15) is 0 Å². The third kappa shape index (κ3) is 3.25. The third-order valence-electron chi connectivity index (χ3n) is 4.54. The van der Waals surface area contributed by atoms with Gasteiger partial charge < -0.3 is 14.2 Å². The summed E-state index contributed by atoms with van der Waals surface area (Å²) < 4.78 is 18.7. The molecule has 24 heavy (non-hydrogen) atoms. The Labute approximate surface area is 141 Å². The van der Waals surface area contributed by atoms with E-state index in [0.717, 1.165) is 50.9 Å². The summed E-state index contributed by atoms with van der Waals surface area (Å²) in [5, 5.41) is 4.46. The second-order valence-corrected chi connectivity index (χ2v) is 6.39. The first-order valence-electron chi connectivity index (χ1n) is 8.51. The van der Waals surface area contributed by atoms with E-state index in [0.29, 0.717) is 12.7 Å². The van der Waals surface area contributed by atoms with Crippen LogP contribution in [0.5, 0.6) is 11.5 Å². The van der Waals surface area contributed by atoms with Crippen LogP contribution in [-0.2, 0) is 24.4 Å². The molecule has 3 heterocycles. The lowest BCUT2D eigenvalue weighted by atomic mass is 10.1. The summed E-state index contributed by atoms with van der Waals surface area (Å²) in [6.07, 6.45) is 1.89. The highest BCUT2D eigenvalue weighted by atomic mass is 16.7. The van der Waals surface area contributed by atoms with E-state index in [9.17, 15) is 0 Å². The van der Waals surface area contributed by atoms with Crippen molar-refractivity contribution in [3.8, 4) is 11.5 Å². The maximum absolute atomic E-state index is 5.67. The predicted molar refractivity (Wildman–Crippen MR) is 88.9 cm³/mol. The lowest BCUT2D eigenvalue weighted by Crippen LogP contribution is -2.30. The van der Waals surface area contributed by atoms with E-state index in [1.165, 1.54) is 11.3 Å². The van der Waals surface area contributed by atoms with Crippen LogP contribution in [0.1, 0.15) is 18.2 Å². The highest BCUT2D eigenvalue weighted by Crippen LogP contribution is 2.33. The van der Waals surface area contributed by atoms with Crippen molar-refractivity contribution >= 4 is 0 Å². The minimum atomic E-state index is 0.318. The van der Waals surface area contributed by atoms with Gasteiger partial charge in [-0.05, 0) is 30.7 Å². The summed E-state index contributed by atoms with van der Waals surface area (Å²) in [5.74, 6) is 2.13. The first kappa shape index (κ1) is 15.5. The van der Waals surface area contributed by atoms with Crippen LogP contribution in [0, 0.1) is 5.92 Å². The van der Waals surface area contributed by atoms with Gasteiger partial charge >= 0.3 is 0 Å². The van der Waals surface area contributed by atoms with Crippen LogP contribution < -0.4 is 9.47 Å². The first-order chi connectivity index (χ1) is 11.8. The van der Waals surface area contributed by atoms with Crippen LogP contribution in [-0.4, -0.2) is 41.2 Å². The maximum atomic E-state index is 5.67. The van der Waals surface area contributed by atoms with Crippen LogP contribution in [0.15, 0.2) is 30.5 Å². The van der Waals surface area contributed by atoms with Gasteiger partial charge in [-0.3, -0.25) is 9.58 Å². The largest absolute Gasteiger partial charge is 0.454 e. The van der Waals surface area contributed by atoms with Gasteiger partial charge in [0, 0.05) is 44.9 Å². The van der Waals surface area contributed by atoms with E-state index >= 15 is 0 Å². The van der Waals surface area contributed by atoms with Crippen LogP contribution in [0.2, 0.25) is 0 Å². The average Bonchev–Trinajstić information content (AvgIpc) is 3.18. The molecule has 0 N–H and O–H groups in total. The van der Waals surface area contributed by atoms with Gasteiger partial charge in [0.2, 0.25) is 6.79 Å². The summed E-state index contributed by atoms with van der Waals surface area (Å²) in [6, 6.07) is 8.31. The molecule has 0 aliphatic carbocycles. The molecule has 0 bridgehead atoms. The van der Waals surface area contributed by atoms with Gasteiger partial charge in [0.25, 0.3) is 0 Å². The van der Waals surface area contributed by atoms with Gasteiger partial charge in [-0.1, -0.05) is 6.07 Å². The van der Waals surface area contributed by atoms with E-state index < -0.39 is 0 Å². The van der Waals surface area contributed by atoms with Crippen LogP contribution in [0.25, 0.3) is 0 Å². The van der Waals surface area contributed by atoms with Crippen molar-refractivity contribution in [1.29, 1.82) is 0 Å². The zero-order chi connectivity index (χ0) is 16.4. The van der Waals surface area contributed by atoms with Gasteiger partial charge in [0.05, 0.1) is 12.3 Å². The van der Waals surface area contributed by atoms with Gasteiger partial charge in [-0.15, -0.1) is 0 Å². The molecule has 0 fully saturated rings. The molecule has 6 nitrogen and oxygen atoms in total. The fourth-order valence-electron chi connectivity index (χ4n) is 3.43. The van der Waals surface area contributed by atoms with Crippen molar-refractivity contribution in [2.24, 2.45) is 5.92 Å². The maximum Gasteiger partial charge on any atom is 0.231 e. The zero-order valence-electron chi connectivity index (χ0n) is 14.0. The Hall–Kier alpha value is -2.05. The number of hydrogen-bond acceptors (Lipinski definition) is 5. The van der Waals surface area contributed by atoms with Crippen molar-refractivity contribution < 1.29 is 14.2 Å². The van der Waals surface area contributed by atoms with Crippen LogP contribution >= 0.6 is 0 Å². The minimum absolute atomic E-state index is 0.318. The molecule has 2 aromatic rings. The molecular weight excluding hydrogens is 306 g/mol.